The van der Waals surface area contributed by atoms with Crippen molar-refractivity contribution in [3.05, 3.63) is 71.3 Å². The molecule has 0 amide bonds. The Labute approximate surface area is 111 Å². The monoisotopic (exact) mass is 377 g/mol. The van der Waals surface area contributed by atoms with Gasteiger partial charge in [0, 0.05) is 21.1 Å². The van der Waals surface area contributed by atoms with E-state index in [4.69, 9.17) is 0 Å². The van der Waals surface area contributed by atoms with Gasteiger partial charge >= 0.3 is 0 Å². The summed E-state index contributed by atoms with van der Waals surface area (Å²) >= 11 is 0. The Kier molecular flexibility index (Phi) is 5.22. The molecule has 0 fully saturated rings. The Hall–Kier alpha value is -1.13. The van der Waals surface area contributed by atoms with Crippen molar-refractivity contribution in [3.8, 4) is 0 Å². The second-order valence-electron chi connectivity index (χ2n) is 3.52. The molecule has 0 bridgehead atoms. The molecule has 0 spiro atoms. The standard InChI is InChI=1S/C15H13.W/c1-13-7-5-6-10-15(13)12-11-14-8-3-2-4-9-14;/h3-12H,1H3;/q-1;/b12-11+;. The minimum absolute atomic E-state index is 0. The molecule has 0 heterocycles. The van der Waals surface area contributed by atoms with Gasteiger partial charge < -0.3 is 0 Å². The quantitative estimate of drug-likeness (QED) is 0.549. The summed E-state index contributed by atoms with van der Waals surface area (Å²) in [6.07, 6.45) is 4.26. The topological polar surface area (TPSA) is 0 Å². The third kappa shape index (κ3) is 3.47. The van der Waals surface area contributed by atoms with Crippen molar-refractivity contribution in [3.63, 3.8) is 0 Å². The zero-order valence-corrected chi connectivity index (χ0v) is 12.1. The van der Waals surface area contributed by atoms with Gasteiger partial charge in [0.25, 0.3) is 0 Å². The molecule has 0 unspecified atom stereocenters. The number of hydrogen-bond donors (Lipinski definition) is 0. The predicted octanol–water partition coefficient (Wildman–Crippen LogP) is 3.96. The van der Waals surface area contributed by atoms with E-state index >= 15 is 0 Å². The maximum atomic E-state index is 3.01. The van der Waals surface area contributed by atoms with Crippen molar-refractivity contribution >= 4 is 12.2 Å². The molecule has 0 aromatic heterocycles. The summed E-state index contributed by atoms with van der Waals surface area (Å²) in [5, 5.41) is 0. The fourth-order valence-corrected chi connectivity index (χ4v) is 1.47. The molecule has 0 aliphatic heterocycles. The summed E-state index contributed by atoms with van der Waals surface area (Å²) in [5.41, 5.74) is 3.78. The molecule has 0 aliphatic carbocycles. The summed E-state index contributed by atoms with van der Waals surface area (Å²) in [5.74, 6) is 0. The molecule has 0 atom stereocenters. The van der Waals surface area contributed by atoms with E-state index in [1.54, 1.807) is 0 Å². The largest absolute Gasteiger partial charge is 0.184 e. The normalized spacial score (nSPS) is 10.1. The molecule has 2 aromatic rings. The zero-order chi connectivity index (χ0) is 10.5. The first-order valence-electron chi connectivity index (χ1n) is 5.06. The number of rotatable bonds is 2. The fraction of sp³-hybridized carbons (Fsp3) is 0.0667. The van der Waals surface area contributed by atoms with Crippen LogP contribution in [0, 0.1) is 13.0 Å². The minimum atomic E-state index is 0. The molecule has 2 rings (SSSR count). The Morgan fingerprint density at radius 3 is 2.31 bits per heavy atom. The first kappa shape index (κ1) is 12.9. The molecule has 0 N–H and O–H groups in total. The summed E-state index contributed by atoms with van der Waals surface area (Å²) < 4.78 is 0. The minimum Gasteiger partial charge on any atom is -0.184 e. The van der Waals surface area contributed by atoms with E-state index in [-0.39, 0.29) is 21.1 Å². The number of benzene rings is 2. The van der Waals surface area contributed by atoms with Gasteiger partial charge in [0.05, 0.1) is 0 Å². The molecule has 0 saturated heterocycles. The Balaban J connectivity index is 0.00000128. The van der Waals surface area contributed by atoms with Gasteiger partial charge in [-0.3, -0.25) is 0 Å². The molecular weight excluding hydrogens is 364 g/mol. The van der Waals surface area contributed by atoms with Gasteiger partial charge in [-0.2, -0.15) is 30.3 Å². The predicted molar refractivity (Wildman–Crippen MR) is 65.4 cm³/mol. The van der Waals surface area contributed by atoms with E-state index in [0.717, 1.165) is 0 Å². The van der Waals surface area contributed by atoms with Crippen molar-refractivity contribution < 1.29 is 21.1 Å². The number of hydrogen-bond acceptors (Lipinski definition) is 0. The Bertz CT molecular complexity index is 458. The average Bonchev–Trinajstić information content (AvgIpc) is 2.29. The van der Waals surface area contributed by atoms with E-state index in [1.807, 2.05) is 12.1 Å². The molecular formula is C15H13W-. The maximum Gasteiger partial charge on any atom is 0 e. The van der Waals surface area contributed by atoms with Crippen LogP contribution in [-0.2, 0) is 21.1 Å². The smallest absolute Gasteiger partial charge is 0 e. The van der Waals surface area contributed by atoms with E-state index < -0.39 is 0 Å². The van der Waals surface area contributed by atoms with Crippen molar-refractivity contribution in [1.29, 1.82) is 0 Å². The first-order chi connectivity index (χ1) is 7.36. The van der Waals surface area contributed by atoms with Crippen molar-refractivity contribution in [2.75, 3.05) is 0 Å². The van der Waals surface area contributed by atoms with Crippen LogP contribution in [0.2, 0.25) is 0 Å². The average molecular weight is 377 g/mol. The van der Waals surface area contributed by atoms with Gasteiger partial charge in [-0.05, 0) is 18.1 Å². The van der Waals surface area contributed by atoms with Gasteiger partial charge in [-0.1, -0.05) is 36.4 Å². The van der Waals surface area contributed by atoms with Crippen LogP contribution in [-0.4, -0.2) is 0 Å². The Morgan fingerprint density at radius 1 is 0.938 bits per heavy atom. The van der Waals surface area contributed by atoms with Crippen LogP contribution in [0.15, 0.2) is 48.5 Å². The van der Waals surface area contributed by atoms with Crippen LogP contribution in [0.3, 0.4) is 0 Å². The summed E-state index contributed by atoms with van der Waals surface area (Å²) in [4.78, 5) is 0. The number of aryl methyl sites for hydroxylation is 1. The van der Waals surface area contributed by atoms with Gasteiger partial charge in [0.2, 0.25) is 0 Å². The van der Waals surface area contributed by atoms with Crippen LogP contribution in [0.4, 0.5) is 0 Å². The molecule has 0 saturated carbocycles. The molecule has 1 heteroatoms. The van der Waals surface area contributed by atoms with Crippen molar-refractivity contribution in [1.82, 2.24) is 0 Å². The van der Waals surface area contributed by atoms with Gasteiger partial charge in [-0.15, -0.1) is 5.56 Å². The fourth-order valence-electron chi connectivity index (χ4n) is 1.47. The first-order valence-corrected chi connectivity index (χ1v) is 5.06. The maximum absolute atomic E-state index is 3.01. The van der Waals surface area contributed by atoms with E-state index in [1.165, 1.54) is 16.7 Å². The third-order valence-electron chi connectivity index (χ3n) is 2.39. The third-order valence-corrected chi connectivity index (χ3v) is 2.39. The molecule has 0 aliphatic rings. The molecule has 0 radical (unpaired) electrons. The van der Waals surface area contributed by atoms with E-state index in [0.29, 0.717) is 0 Å². The second-order valence-corrected chi connectivity index (χ2v) is 3.52. The summed E-state index contributed by atoms with van der Waals surface area (Å²) in [6.45, 7) is 2.12. The van der Waals surface area contributed by atoms with Gasteiger partial charge in [0.15, 0.2) is 0 Å². The molecule has 2 aromatic carbocycles. The van der Waals surface area contributed by atoms with Crippen LogP contribution in [0.1, 0.15) is 16.7 Å². The SMILES string of the molecule is Cc1ccccc1/C=C/c1cc[c-]cc1.[W]. The van der Waals surface area contributed by atoms with Crippen LogP contribution >= 0.6 is 0 Å². The van der Waals surface area contributed by atoms with Crippen LogP contribution in [0.25, 0.3) is 12.2 Å². The van der Waals surface area contributed by atoms with Gasteiger partial charge in [-0.25, -0.2) is 0 Å². The zero-order valence-electron chi connectivity index (χ0n) is 9.18. The van der Waals surface area contributed by atoms with E-state index in [9.17, 15) is 0 Å². The second kappa shape index (κ2) is 6.45. The molecule has 0 nitrogen and oxygen atoms in total. The summed E-state index contributed by atoms with van der Waals surface area (Å²) in [7, 11) is 0. The van der Waals surface area contributed by atoms with E-state index in [2.05, 4.69) is 61.5 Å². The summed E-state index contributed by atoms with van der Waals surface area (Å²) in [6, 6.07) is 19.3. The molecule has 80 valence electrons. The van der Waals surface area contributed by atoms with Crippen molar-refractivity contribution in [2.24, 2.45) is 0 Å². The van der Waals surface area contributed by atoms with Crippen LogP contribution in [0.5, 0.6) is 0 Å². The molecule has 16 heavy (non-hydrogen) atoms. The Morgan fingerprint density at radius 2 is 1.62 bits per heavy atom. The van der Waals surface area contributed by atoms with Gasteiger partial charge in [0.1, 0.15) is 0 Å². The van der Waals surface area contributed by atoms with Crippen LogP contribution < -0.4 is 0 Å². The van der Waals surface area contributed by atoms with Crippen molar-refractivity contribution in [2.45, 2.75) is 6.92 Å².